The first kappa shape index (κ1) is 12.3. The van der Waals surface area contributed by atoms with Gasteiger partial charge in [0.2, 0.25) is 0 Å². The molecule has 5 heteroatoms. The molecule has 0 unspecified atom stereocenters. The Morgan fingerprint density at radius 1 is 1.47 bits per heavy atom. The first-order valence-corrected chi connectivity index (χ1v) is 5.12. The minimum atomic E-state index is -0.992. The summed E-state index contributed by atoms with van der Waals surface area (Å²) in [6.45, 7) is 6.18. The van der Waals surface area contributed by atoms with Gasteiger partial charge in [-0.3, -0.25) is 4.90 Å². The summed E-state index contributed by atoms with van der Waals surface area (Å²) < 4.78 is 5.08. The highest BCUT2D eigenvalue weighted by molar-refractivity contribution is 5.66. The number of carboxylic acid groups (broad SMARTS) is 1. The second-order valence-electron chi connectivity index (χ2n) is 4.82. The van der Waals surface area contributed by atoms with Crippen molar-refractivity contribution >= 4 is 6.09 Å². The van der Waals surface area contributed by atoms with Gasteiger partial charge in [0.25, 0.3) is 0 Å². The van der Waals surface area contributed by atoms with Crippen LogP contribution in [0.2, 0.25) is 0 Å². The molecule has 2 atom stereocenters. The maximum absolute atomic E-state index is 11.2. The number of rotatable bonds is 1. The molecule has 1 aliphatic rings. The first-order chi connectivity index (χ1) is 6.84. The molecule has 1 saturated heterocycles. The summed E-state index contributed by atoms with van der Waals surface area (Å²) in [6.07, 6.45) is -1.17. The summed E-state index contributed by atoms with van der Waals surface area (Å²) in [5.74, 6) is 0. The average molecular weight is 217 g/mol. The SMILES string of the molecule is CC(C)(C)N(C(=O)O)[C@H]1CCOC[C@@H]1O. The number of hydrogen-bond donors (Lipinski definition) is 2. The number of aliphatic hydroxyl groups is 1. The molecule has 0 saturated carbocycles. The maximum atomic E-state index is 11.2. The van der Waals surface area contributed by atoms with Gasteiger partial charge < -0.3 is 14.9 Å². The second-order valence-corrected chi connectivity index (χ2v) is 4.82. The molecule has 5 nitrogen and oxygen atoms in total. The smallest absolute Gasteiger partial charge is 0.408 e. The summed E-state index contributed by atoms with van der Waals surface area (Å²) in [4.78, 5) is 12.5. The van der Waals surface area contributed by atoms with Crippen molar-refractivity contribution in [3.8, 4) is 0 Å². The highest BCUT2D eigenvalue weighted by Gasteiger charge is 2.38. The minimum absolute atomic E-state index is 0.213. The van der Waals surface area contributed by atoms with Crippen LogP contribution in [0.4, 0.5) is 4.79 Å². The molecule has 0 radical (unpaired) electrons. The Morgan fingerprint density at radius 2 is 2.07 bits per heavy atom. The zero-order chi connectivity index (χ0) is 11.6. The lowest BCUT2D eigenvalue weighted by Gasteiger charge is -2.43. The predicted octanol–water partition coefficient (Wildman–Crippen LogP) is 0.915. The molecule has 1 rings (SSSR count). The number of ether oxygens (including phenoxy) is 1. The molecule has 1 aliphatic heterocycles. The zero-order valence-corrected chi connectivity index (χ0v) is 9.43. The highest BCUT2D eigenvalue weighted by atomic mass is 16.5. The van der Waals surface area contributed by atoms with Crippen molar-refractivity contribution in [1.29, 1.82) is 0 Å². The van der Waals surface area contributed by atoms with Gasteiger partial charge in [-0.15, -0.1) is 0 Å². The van der Waals surface area contributed by atoms with Gasteiger partial charge in [-0.25, -0.2) is 4.79 Å². The van der Waals surface area contributed by atoms with Gasteiger partial charge in [0, 0.05) is 12.1 Å². The second kappa shape index (κ2) is 4.37. The Bertz CT molecular complexity index is 236. The third kappa shape index (κ3) is 2.82. The molecule has 0 aromatic rings. The summed E-state index contributed by atoms with van der Waals surface area (Å²) in [6, 6.07) is -0.365. The van der Waals surface area contributed by atoms with Gasteiger partial charge in [-0.1, -0.05) is 0 Å². The normalized spacial score (nSPS) is 27.5. The number of amides is 1. The van der Waals surface area contributed by atoms with Gasteiger partial charge in [0.1, 0.15) is 0 Å². The molecule has 0 spiro atoms. The van der Waals surface area contributed by atoms with Crippen LogP contribution >= 0.6 is 0 Å². The van der Waals surface area contributed by atoms with E-state index in [1.807, 2.05) is 20.8 Å². The van der Waals surface area contributed by atoms with E-state index in [2.05, 4.69) is 0 Å². The van der Waals surface area contributed by atoms with Crippen LogP contribution in [0.25, 0.3) is 0 Å². The predicted molar refractivity (Wildman–Crippen MR) is 54.8 cm³/mol. The Hall–Kier alpha value is -0.810. The van der Waals surface area contributed by atoms with E-state index >= 15 is 0 Å². The molecule has 1 heterocycles. The summed E-state index contributed by atoms with van der Waals surface area (Å²) in [7, 11) is 0. The Kier molecular flexibility index (Phi) is 3.57. The van der Waals surface area contributed by atoms with E-state index in [4.69, 9.17) is 9.84 Å². The summed E-state index contributed by atoms with van der Waals surface area (Å²) >= 11 is 0. The molecular formula is C10H19NO4. The standard InChI is InChI=1S/C10H19NO4/c1-10(2,3)11(9(13)14)7-4-5-15-6-8(7)12/h7-8,12H,4-6H2,1-3H3,(H,13,14)/t7-,8-/m0/s1. The van der Waals surface area contributed by atoms with Gasteiger partial charge >= 0.3 is 6.09 Å². The minimum Gasteiger partial charge on any atom is -0.465 e. The van der Waals surface area contributed by atoms with Crippen LogP contribution in [0.3, 0.4) is 0 Å². The molecule has 0 bridgehead atoms. The summed E-state index contributed by atoms with van der Waals surface area (Å²) in [5, 5.41) is 18.9. The molecule has 15 heavy (non-hydrogen) atoms. The first-order valence-electron chi connectivity index (χ1n) is 5.12. The average Bonchev–Trinajstić information content (AvgIpc) is 2.05. The fraction of sp³-hybridized carbons (Fsp3) is 0.900. The van der Waals surface area contributed by atoms with Crippen molar-refractivity contribution in [2.75, 3.05) is 13.2 Å². The molecule has 1 fully saturated rings. The van der Waals surface area contributed by atoms with Crippen LogP contribution in [-0.2, 0) is 4.74 Å². The lowest BCUT2D eigenvalue weighted by Crippen LogP contribution is -2.58. The van der Waals surface area contributed by atoms with Crippen LogP contribution in [0.1, 0.15) is 27.2 Å². The van der Waals surface area contributed by atoms with Crippen LogP contribution in [-0.4, -0.2) is 52.1 Å². The lowest BCUT2D eigenvalue weighted by molar-refractivity contribution is -0.0762. The van der Waals surface area contributed by atoms with Crippen LogP contribution in [0.5, 0.6) is 0 Å². The van der Waals surface area contributed by atoms with Gasteiger partial charge in [-0.2, -0.15) is 0 Å². The molecular weight excluding hydrogens is 198 g/mol. The van der Waals surface area contributed by atoms with E-state index < -0.39 is 17.7 Å². The van der Waals surface area contributed by atoms with Crippen molar-refractivity contribution in [3.63, 3.8) is 0 Å². The molecule has 88 valence electrons. The number of aliphatic hydroxyl groups excluding tert-OH is 1. The maximum Gasteiger partial charge on any atom is 0.408 e. The molecule has 0 aliphatic carbocycles. The van der Waals surface area contributed by atoms with E-state index in [1.54, 1.807) is 0 Å². The van der Waals surface area contributed by atoms with Crippen molar-refractivity contribution in [1.82, 2.24) is 4.90 Å². The van der Waals surface area contributed by atoms with E-state index in [9.17, 15) is 9.90 Å². The molecule has 0 aromatic carbocycles. The Balaban J connectivity index is 2.83. The van der Waals surface area contributed by atoms with Gasteiger partial charge in [0.15, 0.2) is 0 Å². The fourth-order valence-corrected chi connectivity index (χ4v) is 1.94. The molecule has 0 aromatic heterocycles. The molecule has 2 N–H and O–H groups in total. The third-order valence-corrected chi connectivity index (χ3v) is 2.55. The monoisotopic (exact) mass is 217 g/mol. The van der Waals surface area contributed by atoms with E-state index in [0.29, 0.717) is 13.0 Å². The van der Waals surface area contributed by atoms with Gasteiger partial charge in [0.05, 0.1) is 18.8 Å². The van der Waals surface area contributed by atoms with Crippen molar-refractivity contribution < 1.29 is 19.7 Å². The highest BCUT2D eigenvalue weighted by Crippen LogP contribution is 2.23. The van der Waals surface area contributed by atoms with E-state index in [0.717, 1.165) is 0 Å². The lowest BCUT2D eigenvalue weighted by atomic mass is 9.97. The number of carbonyl (C=O) groups is 1. The van der Waals surface area contributed by atoms with Gasteiger partial charge in [-0.05, 0) is 27.2 Å². The Labute approximate surface area is 89.6 Å². The van der Waals surface area contributed by atoms with Crippen molar-refractivity contribution in [2.24, 2.45) is 0 Å². The summed E-state index contributed by atoms with van der Waals surface area (Å²) in [5.41, 5.74) is -0.505. The zero-order valence-electron chi connectivity index (χ0n) is 9.43. The number of hydrogen-bond acceptors (Lipinski definition) is 3. The van der Waals surface area contributed by atoms with Crippen molar-refractivity contribution in [2.45, 2.75) is 44.9 Å². The number of nitrogens with zero attached hydrogens (tertiary/aromatic N) is 1. The van der Waals surface area contributed by atoms with E-state index in [-0.39, 0.29) is 12.6 Å². The van der Waals surface area contributed by atoms with E-state index in [1.165, 1.54) is 4.90 Å². The van der Waals surface area contributed by atoms with Crippen LogP contribution in [0.15, 0.2) is 0 Å². The van der Waals surface area contributed by atoms with Crippen LogP contribution < -0.4 is 0 Å². The molecule has 1 amide bonds. The Morgan fingerprint density at radius 3 is 2.47 bits per heavy atom. The van der Waals surface area contributed by atoms with Crippen LogP contribution in [0, 0.1) is 0 Å². The largest absolute Gasteiger partial charge is 0.465 e. The van der Waals surface area contributed by atoms with Crippen molar-refractivity contribution in [3.05, 3.63) is 0 Å². The third-order valence-electron chi connectivity index (χ3n) is 2.55. The quantitative estimate of drug-likeness (QED) is 0.685. The topological polar surface area (TPSA) is 70.0 Å². The fourth-order valence-electron chi connectivity index (χ4n) is 1.94.